The molecule has 0 saturated heterocycles. The number of nitrogens with zero attached hydrogens (tertiary/aromatic N) is 4. The normalized spacial score (nSPS) is 29.8. The Kier molecular flexibility index (Phi) is 3.84. The lowest BCUT2D eigenvalue weighted by Gasteiger charge is -2.27. The van der Waals surface area contributed by atoms with Gasteiger partial charge in [0.25, 0.3) is 0 Å². The zero-order valence-corrected chi connectivity index (χ0v) is 11.5. The van der Waals surface area contributed by atoms with E-state index in [1.54, 1.807) is 11.8 Å². The van der Waals surface area contributed by atoms with Crippen LogP contribution in [0.5, 0.6) is 0 Å². The average molecular weight is 267 g/mol. The average Bonchev–Trinajstić information content (AvgIpc) is 3.02. The molecule has 2 fully saturated rings. The number of hydrogen-bond acceptors (Lipinski definition) is 5. The molecule has 2 unspecified atom stereocenters. The molecule has 2 aliphatic rings. The van der Waals surface area contributed by atoms with Gasteiger partial charge in [-0.2, -0.15) is 0 Å². The van der Waals surface area contributed by atoms with Gasteiger partial charge in [-0.15, -0.1) is 5.10 Å². The molecule has 1 aromatic heterocycles. The lowest BCUT2D eigenvalue weighted by molar-refractivity contribution is 0.418. The molecule has 3 rings (SSSR count). The predicted molar refractivity (Wildman–Crippen MR) is 71.4 cm³/mol. The summed E-state index contributed by atoms with van der Waals surface area (Å²) in [5, 5.41) is 13.7. The highest BCUT2D eigenvalue weighted by molar-refractivity contribution is 7.99. The highest BCUT2D eigenvalue weighted by Gasteiger charge is 2.27. The smallest absolute Gasteiger partial charge is 0.209 e. The third-order valence-electron chi connectivity index (χ3n) is 4.14. The molecule has 0 aliphatic heterocycles. The van der Waals surface area contributed by atoms with Crippen LogP contribution in [-0.2, 0) is 0 Å². The summed E-state index contributed by atoms with van der Waals surface area (Å²) in [5.41, 5.74) is 6.20. The molecule has 0 spiro atoms. The molecule has 6 heteroatoms. The molecule has 0 radical (unpaired) electrons. The van der Waals surface area contributed by atoms with E-state index in [0.29, 0.717) is 17.3 Å². The molecule has 2 saturated carbocycles. The Morgan fingerprint density at radius 2 is 1.78 bits per heavy atom. The van der Waals surface area contributed by atoms with Crippen molar-refractivity contribution in [1.29, 1.82) is 0 Å². The lowest BCUT2D eigenvalue weighted by Crippen LogP contribution is -2.35. The van der Waals surface area contributed by atoms with Crippen LogP contribution >= 0.6 is 11.8 Å². The standard InChI is InChI=1S/C12H21N5S/c13-10-7-3-4-8-11(10)18-12-14-15-16-17(12)9-5-1-2-6-9/h9-11H,1-8,13H2. The van der Waals surface area contributed by atoms with Gasteiger partial charge in [0.15, 0.2) is 0 Å². The van der Waals surface area contributed by atoms with Crippen LogP contribution in [0.2, 0.25) is 0 Å². The van der Waals surface area contributed by atoms with E-state index in [0.717, 1.165) is 11.6 Å². The number of tetrazole rings is 1. The van der Waals surface area contributed by atoms with E-state index in [9.17, 15) is 0 Å². The summed E-state index contributed by atoms with van der Waals surface area (Å²) in [6, 6.07) is 0.819. The number of aromatic nitrogens is 4. The minimum atomic E-state index is 0.303. The van der Waals surface area contributed by atoms with Crippen LogP contribution in [0.25, 0.3) is 0 Å². The van der Waals surface area contributed by atoms with Crippen molar-refractivity contribution in [1.82, 2.24) is 20.2 Å². The number of thioether (sulfide) groups is 1. The summed E-state index contributed by atoms with van der Waals surface area (Å²) in [5.74, 6) is 0. The first-order chi connectivity index (χ1) is 8.84. The second-order valence-corrected chi connectivity index (χ2v) is 6.66. The lowest BCUT2D eigenvalue weighted by atomic mass is 9.96. The summed E-state index contributed by atoms with van der Waals surface area (Å²) >= 11 is 1.79. The van der Waals surface area contributed by atoms with Crippen LogP contribution in [0.15, 0.2) is 5.16 Å². The second-order valence-electron chi connectivity index (χ2n) is 5.45. The summed E-state index contributed by atoms with van der Waals surface area (Å²) in [7, 11) is 0. The van der Waals surface area contributed by atoms with E-state index in [2.05, 4.69) is 15.5 Å². The Balaban J connectivity index is 1.70. The monoisotopic (exact) mass is 267 g/mol. The molecule has 2 atom stereocenters. The summed E-state index contributed by atoms with van der Waals surface area (Å²) < 4.78 is 2.04. The van der Waals surface area contributed by atoms with Gasteiger partial charge in [0, 0.05) is 11.3 Å². The van der Waals surface area contributed by atoms with Gasteiger partial charge in [-0.05, 0) is 36.1 Å². The maximum absolute atomic E-state index is 6.20. The minimum Gasteiger partial charge on any atom is -0.327 e. The van der Waals surface area contributed by atoms with Gasteiger partial charge in [-0.1, -0.05) is 37.4 Å². The Hall–Kier alpha value is -0.620. The van der Waals surface area contributed by atoms with Crippen LogP contribution in [0.4, 0.5) is 0 Å². The van der Waals surface area contributed by atoms with Crippen LogP contribution < -0.4 is 5.73 Å². The van der Waals surface area contributed by atoms with Crippen molar-refractivity contribution in [2.75, 3.05) is 0 Å². The van der Waals surface area contributed by atoms with Crippen molar-refractivity contribution in [2.45, 2.75) is 73.9 Å². The number of rotatable bonds is 3. The minimum absolute atomic E-state index is 0.303. The Labute approximate surface area is 112 Å². The molecule has 1 aromatic rings. The van der Waals surface area contributed by atoms with E-state index >= 15 is 0 Å². The zero-order valence-electron chi connectivity index (χ0n) is 10.7. The Morgan fingerprint density at radius 1 is 1.06 bits per heavy atom. The van der Waals surface area contributed by atoms with E-state index in [1.165, 1.54) is 44.9 Å². The largest absolute Gasteiger partial charge is 0.327 e. The topological polar surface area (TPSA) is 69.6 Å². The van der Waals surface area contributed by atoms with Gasteiger partial charge in [0.1, 0.15) is 0 Å². The first kappa shape index (κ1) is 12.4. The highest BCUT2D eigenvalue weighted by Crippen LogP contribution is 2.35. The molecule has 18 heavy (non-hydrogen) atoms. The molecule has 0 aromatic carbocycles. The quantitative estimate of drug-likeness (QED) is 0.908. The van der Waals surface area contributed by atoms with E-state index in [1.807, 2.05) is 4.68 Å². The Morgan fingerprint density at radius 3 is 2.56 bits per heavy atom. The van der Waals surface area contributed by atoms with Crippen molar-refractivity contribution in [3.63, 3.8) is 0 Å². The van der Waals surface area contributed by atoms with Gasteiger partial charge >= 0.3 is 0 Å². The third-order valence-corrected chi connectivity index (χ3v) is 5.51. The van der Waals surface area contributed by atoms with E-state index in [-0.39, 0.29) is 0 Å². The van der Waals surface area contributed by atoms with Crippen molar-refractivity contribution < 1.29 is 0 Å². The summed E-state index contributed by atoms with van der Waals surface area (Å²) in [4.78, 5) is 0. The first-order valence-corrected chi connectivity index (χ1v) is 7.92. The zero-order chi connectivity index (χ0) is 12.4. The third kappa shape index (κ3) is 2.54. The van der Waals surface area contributed by atoms with Crippen molar-refractivity contribution in [2.24, 2.45) is 5.73 Å². The van der Waals surface area contributed by atoms with Gasteiger partial charge in [-0.25, -0.2) is 4.68 Å². The summed E-state index contributed by atoms with van der Waals surface area (Å²) in [6.07, 6.45) is 9.94. The maximum Gasteiger partial charge on any atom is 0.209 e. The Bertz CT molecular complexity index is 388. The van der Waals surface area contributed by atoms with E-state index < -0.39 is 0 Å². The van der Waals surface area contributed by atoms with Crippen LogP contribution in [0.3, 0.4) is 0 Å². The first-order valence-electron chi connectivity index (χ1n) is 7.04. The fourth-order valence-electron chi connectivity index (χ4n) is 3.05. The fraction of sp³-hybridized carbons (Fsp3) is 0.917. The molecule has 2 aliphatic carbocycles. The SMILES string of the molecule is NC1CCCCC1Sc1nnnn1C1CCCC1. The van der Waals surface area contributed by atoms with Gasteiger partial charge in [-0.3, -0.25) is 0 Å². The van der Waals surface area contributed by atoms with Crippen LogP contribution in [0.1, 0.15) is 57.4 Å². The molecule has 100 valence electrons. The fourth-order valence-corrected chi connectivity index (χ4v) is 4.29. The highest BCUT2D eigenvalue weighted by atomic mass is 32.2. The van der Waals surface area contributed by atoms with Gasteiger partial charge in [0.2, 0.25) is 5.16 Å². The number of nitrogens with two attached hydrogens (primary N) is 1. The van der Waals surface area contributed by atoms with E-state index in [4.69, 9.17) is 5.73 Å². The predicted octanol–water partition coefficient (Wildman–Crippen LogP) is 2.15. The summed E-state index contributed by atoms with van der Waals surface area (Å²) in [6.45, 7) is 0. The second kappa shape index (κ2) is 5.57. The molecule has 0 amide bonds. The van der Waals surface area contributed by atoms with Crippen LogP contribution in [0, 0.1) is 0 Å². The molecular weight excluding hydrogens is 246 g/mol. The van der Waals surface area contributed by atoms with Gasteiger partial charge < -0.3 is 5.73 Å². The molecule has 5 nitrogen and oxygen atoms in total. The molecule has 2 N–H and O–H groups in total. The molecule has 0 bridgehead atoms. The maximum atomic E-state index is 6.20. The van der Waals surface area contributed by atoms with Gasteiger partial charge in [0.05, 0.1) is 6.04 Å². The molecular formula is C12H21N5S. The van der Waals surface area contributed by atoms with Crippen molar-refractivity contribution >= 4 is 11.8 Å². The van der Waals surface area contributed by atoms with Crippen molar-refractivity contribution in [3.8, 4) is 0 Å². The molecule has 1 heterocycles. The van der Waals surface area contributed by atoms with Crippen molar-refractivity contribution in [3.05, 3.63) is 0 Å². The van der Waals surface area contributed by atoms with Crippen LogP contribution in [-0.4, -0.2) is 31.5 Å². The number of hydrogen-bond donors (Lipinski definition) is 1.